The summed E-state index contributed by atoms with van der Waals surface area (Å²) in [5.41, 5.74) is 1.20. The summed E-state index contributed by atoms with van der Waals surface area (Å²) in [6, 6.07) is 6.81. The first kappa shape index (κ1) is 15.1. The topological polar surface area (TPSA) is 101 Å². The number of nitrogens with zero attached hydrogens (tertiary/aromatic N) is 4. The summed E-state index contributed by atoms with van der Waals surface area (Å²) < 4.78 is 3.25. The van der Waals surface area contributed by atoms with E-state index < -0.39 is 0 Å². The fraction of sp³-hybridized carbons (Fsp3) is 0.176. The molecule has 0 saturated carbocycles. The Hall–Kier alpha value is -3.42. The third kappa shape index (κ3) is 2.57. The maximum atomic E-state index is 12.6. The molecule has 0 fully saturated rings. The molecule has 0 aliphatic heterocycles. The number of nitrogens with one attached hydrogen (secondary N) is 2. The maximum absolute atomic E-state index is 12.6. The van der Waals surface area contributed by atoms with Crippen molar-refractivity contribution in [2.75, 3.05) is 0 Å². The summed E-state index contributed by atoms with van der Waals surface area (Å²) in [5.74, 6) is 0.718. The van der Waals surface area contributed by atoms with Gasteiger partial charge in [0.25, 0.3) is 11.1 Å². The first-order chi connectivity index (χ1) is 12.1. The summed E-state index contributed by atoms with van der Waals surface area (Å²) in [5, 5.41) is 3.46. The Bertz CT molecular complexity index is 1160. The Labute approximate surface area is 141 Å². The lowest BCUT2D eigenvalue weighted by atomic mass is 10.2. The molecule has 126 valence electrons. The molecule has 0 radical (unpaired) electrons. The van der Waals surface area contributed by atoms with Gasteiger partial charge < -0.3 is 9.55 Å². The van der Waals surface area contributed by atoms with Crippen molar-refractivity contribution in [1.29, 1.82) is 0 Å². The number of aromatic amines is 2. The van der Waals surface area contributed by atoms with Crippen LogP contribution >= 0.6 is 0 Å². The highest BCUT2D eigenvalue weighted by Gasteiger charge is 2.12. The van der Waals surface area contributed by atoms with E-state index in [2.05, 4.69) is 20.1 Å². The Kier molecular flexibility index (Phi) is 3.57. The average molecular weight is 336 g/mol. The quantitative estimate of drug-likeness (QED) is 0.586. The Morgan fingerprint density at radius 1 is 1.08 bits per heavy atom. The molecule has 0 spiro atoms. The van der Waals surface area contributed by atoms with Crippen LogP contribution in [-0.4, -0.2) is 29.3 Å². The van der Waals surface area contributed by atoms with Crippen LogP contribution in [0.15, 0.2) is 52.6 Å². The van der Waals surface area contributed by atoms with E-state index in [1.54, 1.807) is 36.8 Å². The monoisotopic (exact) mass is 336 g/mol. The van der Waals surface area contributed by atoms with Gasteiger partial charge >= 0.3 is 0 Å². The van der Waals surface area contributed by atoms with Crippen LogP contribution in [0.3, 0.4) is 0 Å². The van der Waals surface area contributed by atoms with Crippen LogP contribution in [-0.2, 0) is 13.1 Å². The van der Waals surface area contributed by atoms with Gasteiger partial charge in [-0.25, -0.2) is 14.6 Å². The highest BCUT2D eigenvalue weighted by atomic mass is 16.2. The fourth-order valence-corrected chi connectivity index (χ4v) is 2.90. The van der Waals surface area contributed by atoms with Crippen LogP contribution in [0.4, 0.5) is 0 Å². The van der Waals surface area contributed by atoms with E-state index in [9.17, 15) is 9.59 Å². The summed E-state index contributed by atoms with van der Waals surface area (Å²) >= 11 is 0. The predicted molar refractivity (Wildman–Crippen MR) is 93.4 cm³/mol. The van der Waals surface area contributed by atoms with Crippen LogP contribution in [0, 0.1) is 6.92 Å². The van der Waals surface area contributed by atoms with E-state index in [-0.39, 0.29) is 11.1 Å². The van der Waals surface area contributed by atoms with Crippen molar-refractivity contribution >= 4 is 10.8 Å². The Morgan fingerprint density at radius 2 is 1.88 bits per heavy atom. The Balaban J connectivity index is 1.68. The minimum atomic E-state index is -0.274. The minimum absolute atomic E-state index is 0.215. The molecule has 4 aromatic rings. The lowest BCUT2D eigenvalue weighted by Gasteiger charge is -2.10. The van der Waals surface area contributed by atoms with E-state index in [1.807, 2.05) is 17.7 Å². The van der Waals surface area contributed by atoms with Gasteiger partial charge in [0.2, 0.25) is 0 Å². The van der Waals surface area contributed by atoms with Crippen molar-refractivity contribution in [2.24, 2.45) is 0 Å². The molecule has 3 aromatic heterocycles. The number of hydrogen-bond acceptors (Lipinski definition) is 4. The zero-order chi connectivity index (χ0) is 17.4. The van der Waals surface area contributed by atoms with Crippen LogP contribution in [0.5, 0.6) is 0 Å². The second-order valence-electron chi connectivity index (χ2n) is 5.76. The molecule has 4 rings (SSSR count). The molecule has 0 aliphatic carbocycles. The van der Waals surface area contributed by atoms with Crippen molar-refractivity contribution < 1.29 is 0 Å². The van der Waals surface area contributed by atoms with Gasteiger partial charge in [-0.3, -0.25) is 14.7 Å². The van der Waals surface area contributed by atoms with Gasteiger partial charge in [-0.05, 0) is 19.1 Å². The Morgan fingerprint density at radius 3 is 2.64 bits per heavy atom. The van der Waals surface area contributed by atoms with Crippen molar-refractivity contribution in [3.63, 3.8) is 0 Å². The van der Waals surface area contributed by atoms with Gasteiger partial charge in [-0.2, -0.15) is 0 Å². The predicted octanol–water partition coefficient (Wildman–Crippen LogP) is 1.29. The molecule has 2 N–H and O–H groups in total. The summed E-state index contributed by atoms with van der Waals surface area (Å²) in [4.78, 5) is 36.4. The first-order valence-electron chi connectivity index (χ1n) is 7.88. The molecule has 25 heavy (non-hydrogen) atoms. The number of rotatable bonds is 4. The second-order valence-corrected chi connectivity index (χ2v) is 5.76. The molecule has 1 aromatic carbocycles. The highest BCUT2D eigenvalue weighted by Crippen LogP contribution is 2.17. The van der Waals surface area contributed by atoms with Gasteiger partial charge in [-0.15, -0.1) is 0 Å². The summed E-state index contributed by atoms with van der Waals surface area (Å²) in [7, 11) is 0. The van der Waals surface area contributed by atoms with Crippen LogP contribution in [0.25, 0.3) is 22.3 Å². The SMILES string of the molecule is Cc1[nH]cnc1-c1nccn1CCn1[nH]c(=O)c2ccccc2c1=O. The van der Waals surface area contributed by atoms with Crippen molar-refractivity contribution in [2.45, 2.75) is 20.0 Å². The molecule has 0 atom stereocenters. The largest absolute Gasteiger partial charge is 0.348 e. The second kappa shape index (κ2) is 5.90. The third-order valence-corrected chi connectivity index (χ3v) is 4.21. The smallest absolute Gasteiger partial charge is 0.273 e. The third-order valence-electron chi connectivity index (χ3n) is 4.21. The van der Waals surface area contributed by atoms with Gasteiger partial charge in [-0.1, -0.05) is 12.1 Å². The minimum Gasteiger partial charge on any atom is -0.348 e. The van der Waals surface area contributed by atoms with Crippen LogP contribution in [0.1, 0.15) is 5.69 Å². The fourth-order valence-electron chi connectivity index (χ4n) is 2.90. The van der Waals surface area contributed by atoms with Crippen LogP contribution < -0.4 is 11.1 Å². The molecule has 8 nitrogen and oxygen atoms in total. The van der Waals surface area contributed by atoms with E-state index in [0.29, 0.717) is 23.9 Å². The molecular formula is C17H16N6O2. The number of imidazole rings is 2. The number of hydrogen-bond donors (Lipinski definition) is 2. The number of benzene rings is 1. The normalized spacial score (nSPS) is 11.2. The van der Waals surface area contributed by atoms with E-state index in [4.69, 9.17) is 0 Å². The van der Waals surface area contributed by atoms with Gasteiger partial charge in [0.1, 0.15) is 5.69 Å². The highest BCUT2D eigenvalue weighted by molar-refractivity contribution is 5.80. The molecule has 0 unspecified atom stereocenters. The molecule has 8 heteroatoms. The molecule has 0 aliphatic rings. The molecular weight excluding hydrogens is 320 g/mol. The van der Waals surface area contributed by atoms with Crippen LogP contribution in [0.2, 0.25) is 0 Å². The van der Waals surface area contributed by atoms with Gasteiger partial charge in [0.15, 0.2) is 5.82 Å². The number of aromatic nitrogens is 6. The van der Waals surface area contributed by atoms with Gasteiger partial charge in [0.05, 0.1) is 23.6 Å². The van der Waals surface area contributed by atoms with E-state index in [1.165, 1.54) is 4.68 Å². The molecule has 3 heterocycles. The van der Waals surface area contributed by atoms with E-state index in [0.717, 1.165) is 17.2 Å². The maximum Gasteiger partial charge on any atom is 0.273 e. The van der Waals surface area contributed by atoms with Crippen molar-refractivity contribution in [3.8, 4) is 11.5 Å². The van der Waals surface area contributed by atoms with Crippen molar-refractivity contribution in [1.82, 2.24) is 29.3 Å². The number of aryl methyl sites for hydroxylation is 3. The average Bonchev–Trinajstić information content (AvgIpc) is 3.25. The van der Waals surface area contributed by atoms with Crippen molar-refractivity contribution in [3.05, 3.63) is 69.4 Å². The lowest BCUT2D eigenvalue weighted by Crippen LogP contribution is -2.31. The van der Waals surface area contributed by atoms with Gasteiger partial charge in [0, 0.05) is 24.6 Å². The lowest BCUT2D eigenvalue weighted by molar-refractivity contribution is 0.512. The molecule has 0 bridgehead atoms. The zero-order valence-electron chi connectivity index (χ0n) is 13.6. The first-order valence-corrected chi connectivity index (χ1v) is 7.88. The summed E-state index contributed by atoms with van der Waals surface area (Å²) in [6.07, 6.45) is 5.14. The van der Waals surface area contributed by atoms with E-state index >= 15 is 0 Å². The standard InChI is InChI=1S/C17H16N6O2/c1-11-14(20-10-19-11)15-18-6-7-22(15)8-9-23-17(25)13-5-3-2-4-12(13)16(24)21-23/h2-7,10H,8-9H2,1H3,(H,19,20)(H,21,24). The number of H-pyrrole nitrogens is 2. The number of fused-ring (bicyclic) bond motifs is 1. The zero-order valence-corrected chi connectivity index (χ0v) is 13.6. The molecule has 0 amide bonds. The summed E-state index contributed by atoms with van der Waals surface area (Å²) in [6.45, 7) is 2.73. The molecule has 0 saturated heterocycles.